The summed E-state index contributed by atoms with van der Waals surface area (Å²) in [4.78, 5) is 16.3. The number of carbonyl (C=O) groups excluding carboxylic acids is 1. The molecule has 1 amide bonds. The molecule has 0 aliphatic heterocycles. The highest BCUT2D eigenvalue weighted by Crippen LogP contribution is 2.18. The second kappa shape index (κ2) is 5.28. The summed E-state index contributed by atoms with van der Waals surface area (Å²) in [7, 11) is 3.53. The van der Waals surface area contributed by atoms with E-state index < -0.39 is 0 Å². The molecule has 0 aliphatic carbocycles. The lowest BCUT2D eigenvalue weighted by Gasteiger charge is -2.06. The van der Waals surface area contributed by atoms with Gasteiger partial charge in [-0.1, -0.05) is 0 Å². The van der Waals surface area contributed by atoms with Crippen LogP contribution in [0.2, 0.25) is 0 Å². The zero-order chi connectivity index (χ0) is 14.8. The van der Waals surface area contributed by atoms with E-state index in [0.29, 0.717) is 17.1 Å². The van der Waals surface area contributed by atoms with Crippen LogP contribution in [0.1, 0.15) is 10.4 Å². The molecular weight excluding hydrogens is 266 g/mol. The molecule has 0 aliphatic rings. The number of hydrogen-bond donors (Lipinski definition) is 1. The van der Waals surface area contributed by atoms with Gasteiger partial charge in [0.2, 0.25) is 5.88 Å². The first-order chi connectivity index (χ1) is 10.2. The van der Waals surface area contributed by atoms with Gasteiger partial charge < -0.3 is 14.6 Å². The fraction of sp³-hybridized carbons (Fsp3) is 0.125. The minimum absolute atomic E-state index is 0.160. The number of methoxy groups -OCH3 is 1. The first kappa shape index (κ1) is 13.2. The molecule has 0 saturated carbocycles. The normalized spacial score (nSPS) is 10.6. The second-order valence-electron chi connectivity index (χ2n) is 4.74. The molecule has 3 aromatic rings. The van der Waals surface area contributed by atoms with Gasteiger partial charge in [0.15, 0.2) is 0 Å². The Morgan fingerprint density at radius 1 is 1.24 bits per heavy atom. The monoisotopic (exact) mass is 281 g/mol. The van der Waals surface area contributed by atoms with E-state index in [0.717, 1.165) is 10.9 Å². The third kappa shape index (κ3) is 2.58. The van der Waals surface area contributed by atoms with Crippen LogP contribution in [0.25, 0.3) is 10.9 Å². The number of benzene rings is 1. The largest absolute Gasteiger partial charge is 0.481 e. The van der Waals surface area contributed by atoms with Gasteiger partial charge in [-0.15, -0.1) is 0 Å². The van der Waals surface area contributed by atoms with Crippen molar-refractivity contribution in [3.05, 3.63) is 54.4 Å². The third-order valence-electron chi connectivity index (χ3n) is 3.35. The zero-order valence-electron chi connectivity index (χ0n) is 11.8. The Bertz CT molecular complexity index is 791. The topological polar surface area (TPSA) is 56.1 Å². The van der Waals surface area contributed by atoms with Crippen LogP contribution < -0.4 is 10.1 Å². The summed E-state index contributed by atoms with van der Waals surface area (Å²) in [5.41, 5.74) is 2.34. The lowest BCUT2D eigenvalue weighted by atomic mass is 10.1. The van der Waals surface area contributed by atoms with Crippen LogP contribution in [-0.4, -0.2) is 22.6 Å². The molecule has 0 saturated heterocycles. The number of rotatable bonds is 3. The lowest BCUT2D eigenvalue weighted by molar-refractivity contribution is 0.102. The van der Waals surface area contributed by atoms with E-state index in [-0.39, 0.29) is 5.91 Å². The predicted octanol–water partition coefficient (Wildman–Crippen LogP) is 2.83. The standard InChI is InChI=1S/C16H15N3O2/c1-19-8-7-11-9-12(3-5-14(11)19)16(20)18-13-4-6-15(21-2)17-10-13/h3-10H,1-2H3,(H,18,20). The van der Waals surface area contributed by atoms with Crippen LogP contribution >= 0.6 is 0 Å². The van der Waals surface area contributed by atoms with Gasteiger partial charge in [0.25, 0.3) is 5.91 Å². The van der Waals surface area contributed by atoms with Gasteiger partial charge in [-0.2, -0.15) is 0 Å². The molecule has 2 aromatic heterocycles. The molecule has 3 rings (SSSR count). The van der Waals surface area contributed by atoms with Crippen molar-refractivity contribution in [2.24, 2.45) is 7.05 Å². The molecule has 5 nitrogen and oxygen atoms in total. The Kier molecular flexibility index (Phi) is 3.31. The second-order valence-corrected chi connectivity index (χ2v) is 4.74. The van der Waals surface area contributed by atoms with Crippen molar-refractivity contribution in [3.8, 4) is 5.88 Å². The summed E-state index contributed by atoms with van der Waals surface area (Å²) < 4.78 is 7.00. The van der Waals surface area contributed by atoms with E-state index >= 15 is 0 Å². The molecule has 1 aromatic carbocycles. The molecule has 21 heavy (non-hydrogen) atoms. The average molecular weight is 281 g/mol. The van der Waals surface area contributed by atoms with E-state index in [4.69, 9.17) is 4.74 Å². The minimum atomic E-state index is -0.160. The number of aryl methyl sites for hydroxylation is 1. The van der Waals surface area contributed by atoms with Crippen molar-refractivity contribution >= 4 is 22.5 Å². The van der Waals surface area contributed by atoms with Gasteiger partial charge in [0.05, 0.1) is 19.0 Å². The van der Waals surface area contributed by atoms with Crippen LogP contribution in [0.15, 0.2) is 48.8 Å². The molecule has 0 spiro atoms. The van der Waals surface area contributed by atoms with Crippen molar-refractivity contribution in [3.63, 3.8) is 0 Å². The molecule has 0 atom stereocenters. The van der Waals surface area contributed by atoms with Crippen LogP contribution in [0, 0.1) is 0 Å². The van der Waals surface area contributed by atoms with E-state index in [9.17, 15) is 4.79 Å². The number of nitrogens with one attached hydrogen (secondary N) is 1. The Hall–Kier alpha value is -2.82. The third-order valence-corrected chi connectivity index (χ3v) is 3.35. The van der Waals surface area contributed by atoms with E-state index in [1.165, 1.54) is 0 Å². The number of anilines is 1. The van der Waals surface area contributed by atoms with Crippen LogP contribution in [-0.2, 0) is 7.05 Å². The Morgan fingerprint density at radius 2 is 2.10 bits per heavy atom. The van der Waals surface area contributed by atoms with Gasteiger partial charge in [0.1, 0.15) is 0 Å². The van der Waals surface area contributed by atoms with Gasteiger partial charge in [-0.3, -0.25) is 4.79 Å². The predicted molar refractivity (Wildman–Crippen MR) is 81.7 cm³/mol. The molecule has 106 valence electrons. The first-order valence-electron chi connectivity index (χ1n) is 6.54. The van der Waals surface area contributed by atoms with Gasteiger partial charge in [0, 0.05) is 35.8 Å². The van der Waals surface area contributed by atoms with Gasteiger partial charge >= 0.3 is 0 Å². The number of pyridine rings is 1. The highest BCUT2D eigenvalue weighted by atomic mass is 16.5. The summed E-state index contributed by atoms with van der Waals surface area (Å²) in [6.45, 7) is 0. The maximum atomic E-state index is 12.2. The number of amides is 1. The molecule has 2 heterocycles. The molecule has 0 bridgehead atoms. The Labute approximate surface area is 122 Å². The summed E-state index contributed by atoms with van der Waals surface area (Å²) in [6, 6.07) is 11.1. The lowest BCUT2D eigenvalue weighted by Crippen LogP contribution is -2.11. The van der Waals surface area contributed by atoms with E-state index in [1.54, 1.807) is 25.4 Å². The number of fused-ring (bicyclic) bond motifs is 1. The Balaban J connectivity index is 1.82. The maximum absolute atomic E-state index is 12.2. The maximum Gasteiger partial charge on any atom is 0.255 e. The molecule has 0 fully saturated rings. The minimum Gasteiger partial charge on any atom is -0.481 e. The number of ether oxygens (including phenoxy) is 1. The van der Waals surface area contributed by atoms with Crippen LogP contribution in [0.5, 0.6) is 5.88 Å². The smallest absolute Gasteiger partial charge is 0.255 e. The summed E-state index contributed by atoms with van der Waals surface area (Å²) in [5.74, 6) is 0.353. The summed E-state index contributed by atoms with van der Waals surface area (Å²) in [6.07, 6.45) is 3.54. The van der Waals surface area contributed by atoms with Crippen molar-refractivity contribution in [2.75, 3.05) is 12.4 Å². The molecule has 1 N–H and O–H groups in total. The van der Waals surface area contributed by atoms with Crippen LogP contribution in [0.4, 0.5) is 5.69 Å². The fourth-order valence-corrected chi connectivity index (χ4v) is 2.20. The van der Waals surface area contributed by atoms with Gasteiger partial charge in [-0.05, 0) is 30.3 Å². The van der Waals surface area contributed by atoms with E-state index in [1.807, 2.05) is 42.1 Å². The molecule has 0 radical (unpaired) electrons. The van der Waals surface area contributed by atoms with Crippen molar-refractivity contribution in [2.45, 2.75) is 0 Å². The van der Waals surface area contributed by atoms with Crippen molar-refractivity contribution in [1.29, 1.82) is 0 Å². The molecule has 5 heteroatoms. The highest BCUT2D eigenvalue weighted by Gasteiger charge is 2.08. The highest BCUT2D eigenvalue weighted by molar-refractivity contribution is 6.06. The zero-order valence-corrected chi connectivity index (χ0v) is 11.8. The quantitative estimate of drug-likeness (QED) is 0.803. The van der Waals surface area contributed by atoms with Crippen molar-refractivity contribution < 1.29 is 9.53 Å². The molecule has 0 unspecified atom stereocenters. The SMILES string of the molecule is COc1ccc(NC(=O)c2ccc3c(ccn3C)c2)cn1. The molecular formula is C16H15N3O2. The van der Waals surface area contributed by atoms with Gasteiger partial charge in [-0.25, -0.2) is 4.98 Å². The summed E-state index contributed by atoms with van der Waals surface area (Å²) >= 11 is 0. The summed E-state index contributed by atoms with van der Waals surface area (Å²) in [5, 5.41) is 3.86. The number of nitrogens with zero attached hydrogens (tertiary/aromatic N) is 2. The van der Waals surface area contributed by atoms with E-state index in [2.05, 4.69) is 10.3 Å². The fourth-order valence-electron chi connectivity index (χ4n) is 2.20. The number of carbonyl (C=O) groups is 1. The number of hydrogen-bond acceptors (Lipinski definition) is 3. The van der Waals surface area contributed by atoms with Crippen molar-refractivity contribution in [1.82, 2.24) is 9.55 Å². The Morgan fingerprint density at radius 3 is 2.81 bits per heavy atom. The van der Waals surface area contributed by atoms with Crippen LogP contribution in [0.3, 0.4) is 0 Å². The first-order valence-corrected chi connectivity index (χ1v) is 6.54. The number of aromatic nitrogens is 2. The average Bonchev–Trinajstić information content (AvgIpc) is 2.89.